The van der Waals surface area contributed by atoms with Crippen LogP contribution in [0.4, 0.5) is 8.78 Å². The van der Waals surface area contributed by atoms with Crippen molar-refractivity contribution in [3.05, 3.63) is 64.7 Å². The standard InChI is InChI=1S/C15H14F2O2/c1-9-3-8-12(14(17)13(9)16)15(18)10-4-6-11(19-2)7-5-10/h3-8,15,18H,1-2H3. The summed E-state index contributed by atoms with van der Waals surface area (Å²) in [6, 6.07) is 9.37. The third-order valence-electron chi connectivity index (χ3n) is 3.03. The molecule has 4 heteroatoms. The van der Waals surface area contributed by atoms with E-state index in [0.29, 0.717) is 11.3 Å². The lowest BCUT2D eigenvalue weighted by Crippen LogP contribution is -2.05. The predicted octanol–water partition coefficient (Wildman–Crippen LogP) is 3.36. The fourth-order valence-electron chi connectivity index (χ4n) is 1.84. The minimum absolute atomic E-state index is 0.0757. The summed E-state index contributed by atoms with van der Waals surface area (Å²) in [4.78, 5) is 0. The topological polar surface area (TPSA) is 29.5 Å². The minimum Gasteiger partial charge on any atom is -0.497 e. The Kier molecular flexibility index (Phi) is 3.81. The Morgan fingerprint density at radius 2 is 1.63 bits per heavy atom. The lowest BCUT2D eigenvalue weighted by atomic mass is 9.99. The summed E-state index contributed by atoms with van der Waals surface area (Å²) in [6.45, 7) is 1.47. The van der Waals surface area contributed by atoms with Crippen LogP contribution in [-0.4, -0.2) is 12.2 Å². The zero-order valence-electron chi connectivity index (χ0n) is 10.7. The molecule has 1 atom stereocenters. The number of aliphatic hydroxyl groups excluding tert-OH is 1. The SMILES string of the molecule is COc1ccc(C(O)c2ccc(C)c(F)c2F)cc1. The average Bonchev–Trinajstić information content (AvgIpc) is 2.44. The molecule has 0 heterocycles. The van der Waals surface area contributed by atoms with E-state index in [-0.39, 0.29) is 11.1 Å². The van der Waals surface area contributed by atoms with Crippen molar-refractivity contribution in [3.63, 3.8) is 0 Å². The average molecular weight is 264 g/mol. The van der Waals surface area contributed by atoms with Crippen molar-refractivity contribution in [2.75, 3.05) is 7.11 Å². The van der Waals surface area contributed by atoms with Crippen LogP contribution >= 0.6 is 0 Å². The van der Waals surface area contributed by atoms with Gasteiger partial charge in [-0.3, -0.25) is 0 Å². The van der Waals surface area contributed by atoms with Gasteiger partial charge in [0.05, 0.1) is 7.11 Å². The van der Waals surface area contributed by atoms with Crippen molar-refractivity contribution in [3.8, 4) is 5.75 Å². The molecule has 2 aromatic carbocycles. The van der Waals surface area contributed by atoms with Gasteiger partial charge >= 0.3 is 0 Å². The van der Waals surface area contributed by atoms with Gasteiger partial charge in [0.25, 0.3) is 0 Å². The van der Waals surface area contributed by atoms with Gasteiger partial charge in [-0.05, 0) is 30.2 Å². The van der Waals surface area contributed by atoms with Crippen LogP contribution in [0.25, 0.3) is 0 Å². The highest BCUT2D eigenvalue weighted by atomic mass is 19.2. The second-order valence-electron chi connectivity index (χ2n) is 4.28. The molecular formula is C15H14F2O2. The lowest BCUT2D eigenvalue weighted by molar-refractivity contribution is 0.213. The van der Waals surface area contributed by atoms with Gasteiger partial charge in [0.2, 0.25) is 0 Å². The molecule has 0 fully saturated rings. The van der Waals surface area contributed by atoms with E-state index in [1.165, 1.54) is 26.2 Å². The molecule has 1 unspecified atom stereocenters. The van der Waals surface area contributed by atoms with Crippen molar-refractivity contribution >= 4 is 0 Å². The molecule has 0 aliphatic heterocycles. The van der Waals surface area contributed by atoms with Crippen molar-refractivity contribution < 1.29 is 18.6 Å². The highest BCUT2D eigenvalue weighted by Crippen LogP contribution is 2.27. The molecule has 0 spiro atoms. The molecule has 0 radical (unpaired) electrons. The summed E-state index contributed by atoms with van der Waals surface area (Å²) in [5.74, 6) is -1.31. The van der Waals surface area contributed by atoms with Crippen LogP contribution in [0.3, 0.4) is 0 Å². The number of halogens is 2. The zero-order chi connectivity index (χ0) is 14.0. The Morgan fingerprint density at radius 3 is 2.21 bits per heavy atom. The minimum atomic E-state index is -1.21. The van der Waals surface area contributed by atoms with Gasteiger partial charge in [-0.25, -0.2) is 8.78 Å². The number of hydrogen-bond donors (Lipinski definition) is 1. The van der Waals surface area contributed by atoms with Crippen LogP contribution in [0.15, 0.2) is 36.4 Å². The monoisotopic (exact) mass is 264 g/mol. The third-order valence-corrected chi connectivity index (χ3v) is 3.03. The molecule has 0 aromatic heterocycles. The van der Waals surface area contributed by atoms with Crippen molar-refractivity contribution in [1.82, 2.24) is 0 Å². The first-order valence-corrected chi connectivity index (χ1v) is 5.81. The highest BCUT2D eigenvalue weighted by molar-refractivity contribution is 5.36. The van der Waals surface area contributed by atoms with E-state index in [2.05, 4.69) is 0 Å². The first-order valence-electron chi connectivity index (χ1n) is 5.81. The van der Waals surface area contributed by atoms with Crippen LogP contribution in [0.1, 0.15) is 22.8 Å². The van der Waals surface area contributed by atoms with E-state index in [4.69, 9.17) is 4.74 Å². The van der Waals surface area contributed by atoms with Gasteiger partial charge in [-0.15, -0.1) is 0 Å². The fraction of sp³-hybridized carbons (Fsp3) is 0.200. The van der Waals surface area contributed by atoms with Crippen LogP contribution in [0, 0.1) is 18.6 Å². The summed E-state index contributed by atoms with van der Waals surface area (Å²) < 4.78 is 32.3. The summed E-state index contributed by atoms with van der Waals surface area (Å²) in [5.41, 5.74) is 0.611. The number of hydrogen-bond acceptors (Lipinski definition) is 2. The highest BCUT2D eigenvalue weighted by Gasteiger charge is 2.19. The van der Waals surface area contributed by atoms with Gasteiger partial charge in [-0.1, -0.05) is 24.3 Å². The zero-order valence-corrected chi connectivity index (χ0v) is 10.7. The van der Waals surface area contributed by atoms with Crippen LogP contribution < -0.4 is 4.74 Å². The van der Waals surface area contributed by atoms with Crippen molar-refractivity contribution in [1.29, 1.82) is 0 Å². The van der Waals surface area contributed by atoms with Gasteiger partial charge < -0.3 is 9.84 Å². The largest absolute Gasteiger partial charge is 0.497 e. The van der Waals surface area contributed by atoms with Gasteiger partial charge in [0.1, 0.15) is 11.9 Å². The van der Waals surface area contributed by atoms with E-state index >= 15 is 0 Å². The molecular weight excluding hydrogens is 250 g/mol. The molecule has 0 amide bonds. The number of rotatable bonds is 3. The lowest BCUT2D eigenvalue weighted by Gasteiger charge is -2.14. The molecule has 0 bridgehead atoms. The Hall–Kier alpha value is -1.94. The number of methoxy groups -OCH3 is 1. The molecule has 1 N–H and O–H groups in total. The second kappa shape index (κ2) is 5.36. The summed E-state index contributed by atoms with van der Waals surface area (Å²) >= 11 is 0. The maximum absolute atomic E-state index is 13.8. The van der Waals surface area contributed by atoms with Crippen LogP contribution in [0.2, 0.25) is 0 Å². The van der Waals surface area contributed by atoms with Gasteiger partial charge in [0, 0.05) is 5.56 Å². The Balaban J connectivity index is 2.38. The Bertz CT molecular complexity index is 579. The van der Waals surface area contributed by atoms with E-state index in [1.807, 2.05) is 0 Å². The maximum atomic E-state index is 13.8. The number of aliphatic hydroxyl groups is 1. The molecule has 0 saturated heterocycles. The summed E-state index contributed by atoms with van der Waals surface area (Å²) in [5, 5.41) is 10.1. The van der Waals surface area contributed by atoms with E-state index < -0.39 is 17.7 Å². The maximum Gasteiger partial charge on any atom is 0.165 e. The molecule has 2 nitrogen and oxygen atoms in total. The van der Waals surface area contributed by atoms with E-state index in [1.54, 1.807) is 24.3 Å². The molecule has 19 heavy (non-hydrogen) atoms. The summed E-state index contributed by atoms with van der Waals surface area (Å²) in [6.07, 6.45) is -1.21. The van der Waals surface area contributed by atoms with Crippen LogP contribution in [0.5, 0.6) is 5.75 Å². The van der Waals surface area contributed by atoms with E-state index in [9.17, 15) is 13.9 Å². The predicted molar refractivity (Wildman–Crippen MR) is 68.2 cm³/mol. The van der Waals surface area contributed by atoms with Crippen molar-refractivity contribution in [2.45, 2.75) is 13.0 Å². The van der Waals surface area contributed by atoms with Gasteiger partial charge in [0.15, 0.2) is 11.6 Å². The Labute approximate surface area is 110 Å². The molecule has 100 valence electrons. The normalized spacial score (nSPS) is 12.3. The first kappa shape index (κ1) is 13.5. The molecule has 2 rings (SSSR count). The quantitative estimate of drug-likeness (QED) is 0.921. The Morgan fingerprint density at radius 1 is 1.00 bits per heavy atom. The molecule has 0 aliphatic carbocycles. The fourth-order valence-corrected chi connectivity index (χ4v) is 1.84. The number of ether oxygens (including phenoxy) is 1. The molecule has 0 saturated carbocycles. The third kappa shape index (κ3) is 2.58. The molecule has 0 aliphatic rings. The van der Waals surface area contributed by atoms with Crippen LogP contribution in [-0.2, 0) is 0 Å². The van der Waals surface area contributed by atoms with E-state index in [0.717, 1.165) is 0 Å². The van der Waals surface area contributed by atoms with Gasteiger partial charge in [-0.2, -0.15) is 0 Å². The summed E-state index contributed by atoms with van der Waals surface area (Å²) in [7, 11) is 1.53. The smallest absolute Gasteiger partial charge is 0.165 e. The van der Waals surface area contributed by atoms with Crippen molar-refractivity contribution in [2.24, 2.45) is 0 Å². The first-order chi connectivity index (χ1) is 9.04. The number of benzene rings is 2. The molecule has 2 aromatic rings. The number of aryl methyl sites for hydroxylation is 1. The second-order valence-corrected chi connectivity index (χ2v) is 4.28.